The molecule has 5 nitrogen and oxygen atoms in total. The molecule has 0 bridgehead atoms. The summed E-state index contributed by atoms with van der Waals surface area (Å²) in [7, 11) is 0. The summed E-state index contributed by atoms with van der Waals surface area (Å²) in [4.78, 5) is 10.4. The number of para-hydroxylation sites is 1. The lowest BCUT2D eigenvalue weighted by atomic mass is 10.0. The number of thiazole rings is 1. The first-order valence-corrected chi connectivity index (χ1v) is 9.22. The first-order valence-electron chi connectivity index (χ1n) is 8.40. The third-order valence-electron chi connectivity index (χ3n) is 4.16. The Morgan fingerprint density at radius 3 is 3.00 bits per heavy atom. The van der Waals surface area contributed by atoms with Gasteiger partial charge in [-0.1, -0.05) is 25.1 Å². The molecule has 1 aliphatic heterocycles. The molecular weight excluding hydrogens is 447 g/mol. The molecule has 136 valence electrons. The highest BCUT2D eigenvalue weighted by atomic mass is 127. The summed E-state index contributed by atoms with van der Waals surface area (Å²) >= 11 is 1.76. The van der Waals surface area contributed by atoms with Gasteiger partial charge in [-0.25, -0.2) is 4.98 Å². The van der Waals surface area contributed by atoms with E-state index in [4.69, 9.17) is 10.5 Å². The number of ether oxygens (including phenoxy) is 1. The smallest absolute Gasteiger partial charge is 0.189 e. The number of nitrogens with zero attached hydrogens (tertiary/aromatic N) is 2. The van der Waals surface area contributed by atoms with Crippen molar-refractivity contribution in [1.29, 1.82) is 0 Å². The normalized spacial score (nSPS) is 16.6. The number of aliphatic imine (C=N–C) groups is 1. The highest BCUT2D eigenvalue weighted by molar-refractivity contribution is 14.0. The molecule has 1 aromatic heterocycles. The number of nitrogens with two attached hydrogens (primary N) is 1. The van der Waals surface area contributed by atoms with Crippen LogP contribution in [0.2, 0.25) is 0 Å². The Kier molecular flexibility index (Phi) is 7.49. The van der Waals surface area contributed by atoms with Crippen molar-refractivity contribution < 1.29 is 4.74 Å². The van der Waals surface area contributed by atoms with Crippen LogP contribution >= 0.6 is 35.3 Å². The van der Waals surface area contributed by atoms with Gasteiger partial charge in [0, 0.05) is 29.8 Å². The maximum atomic E-state index is 6.07. The number of benzene rings is 1. The minimum atomic E-state index is 0. The van der Waals surface area contributed by atoms with E-state index < -0.39 is 0 Å². The Labute approximate surface area is 170 Å². The van der Waals surface area contributed by atoms with Crippen LogP contribution < -0.4 is 15.8 Å². The molecule has 0 fully saturated rings. The zero-order valence-corrected chi connectivity index (χ0v) is 17.8. The third kappa shape index (κ3) is 5.07. The van der Waals surface area contributed by atoms with Crippen LogP contribution in [0.3, 0.4) is 0 Å². The quantitative estimate of drug-likeness (QED) is 0.396. The number of aromatic nitrogens is 1. The van der Waals surface area contributed by atoms with Crippen LogP contribution in [-0.2, 0) is 12.8 Å². The second kappa shape index (κ2) is 9.38. The second-order valence-electron chi connectivity index (χ2n) is 5.85. The molecule has 0 saturated carbocycles. The fraction of sp³-hybridized carbons (Fsp3) is 0.444. The average Bonchev–Trinajstić information content (AvgIpc) is 2.95. The van der Waals surface area contributed by atoms with Gasteiger partial charge in [0.25, 0.3) is 0 Å². The van der Waals surface area contributed by atoms with Crippen LogP contribution in [0.1, 0.15) is 40.5 Å². The summed E-state index contributed by atoms with van der Waals surface area (Å²) in [6.07, 6.45) is 2.70. The molecule has 1 unspecified atom stereocenters. The van der Waals surface area contributed by atoms with Crippen LogP contribution in [0.5, 0.6) is 5.75 Å². The molecule has 1 aromatic carbocycles. The maximum Gasteiger partial charge on any atom is 0.189 e. The van der Waals surface area contributed by atoms with Crippen LogP contribution in [0.4, 0.5) is 0 Å². The number of fused-ring (bicyclic) bond motifs is 1. The zero-order valence-electron chi connectivity index (χ0n) is 14.6. The molecule has 0 saturated heterocycles. The Morgan fingerprint density at radius 2 is 2.24 bits per heavy atom. The number of aryl methyl sites for hydroxylation is 2. The fourth-order valence-corrected chi connectivity index (χ4v) is 3.92. The molecule has 1 atom stereocenters. The monoisotopic (exact) mass is 472 g/mol. The van der Waals surface area contributed by atoms with Gasteiger partial charge in [-0.15, -0.1) is 35.3 Å². The van der Waals surface area contributed by atoms with E-state index in [9.17, 15) is 0 Å². The van der Waals surface area contributed by atoms with Gasteiger partial charge >= 0.3 is 0 Å². The molecule has 2 heterocycles. The second-order valence-corrected chi connectivity index (χ2v) is 7.14. The molecule has 0 amide bonds. The summed E-state index contributed by atoms with van der Waals surface area (Å²) < 4.78 is 5.67. The number of hydrogen-bond donors (Lipinski definition) is 2. The molecule has 2 aromatic rings. The van der Waals surface area contributed by atoms with Gasteiger partial charge in [-0.05, 0) is 19.4 Å². The minimum Gasteiger partial charge on any atom is -0.493 e. The topological polar surface area (TPSA) is 72.5 Å². The molecule has 0 radical (unpaired) electrons. The van der Waals surface area contributed by atoms with E-state index in [0.29, 0.717) is 19.1 Å². The van der Waals surface area contributed by atoms with Gasteiger partial charge < -0.3 is 15.8 Å². The molecule has 0 spiro atoms. The zero-order chi connectivity index (χ0) is 16.9. The SMILES string of the molecule is CCc1nc(CCN=C(N)NC2CCOc3ccccc32)sc1C.I. The predicted octanol–water partition coefficient (Wildman–Crippen LogP) is 3.60. The van der Waals surface area contributed by atoms with E-state index in [0.717, 1.165) is 35.6 Å². The Bertz CT molecular complexity index is 732. The highest BCUT2D eigenvalue weighted by Gasteiger charge is 2.21. The molecule has 0 aliphatic carbocycles. The summed E-state index contributed by atoms with van der Waals surface area (Å²) in [5.74, 6) is 1.42. The van der Waals surface area contributed by atoms with Gasteiger partial charge in [0.05, 0.1) is 23.4 Å². The van der Waals surface area contributed by atoms with Crippen LogP contribution in [0.15, 0.2) is 29.3 Å². The van der Waals surface area contributed by atoms with Gasteiger partial charge in [0.1, 0.15) is 5.75 Å². The highest BCUT2D eigenvalue weighted by Crippen LogP contribution is 2.31. The number of rotatable bonds is 5. The molecular formula is C18H25IN4OS. The van der Waals surface area contributed by atoms with Crippen molar-refractivity contribution >= 4 is 41.3 Å². The summed E-state index contributed by atoms with van der Waals surface area (Å²) in [5, 5.41) is 4.46. The summed E-state index contributed by atoms with van der Waals surface area (Å²) in [6, 6.07) is 8.23. The Balaban J connectivity index is 0.00000225. The van der Waals surface area contributed by atoms with Crippen molar-refractivity contribution in [3.63, 3.8) is 0 Å². The van der Waals surface area contributed by atoms with E-state index in [-0.39, 0.29) is 30.0 Å². The van der Waals surface area contributed by atoms with Gasteiger partial charge in [0.15, 0.2) is 5.96 Å². The van der Waals surface area contributed by atoms with Crippen molar-refractivity contribution in [2.75, 3.05) is 13.2 Å². The largest absolute Gasteiger partial charge is 0.493 e. The van der Waals surface area contributed by atoms with Gasteiger partial charge in [-0.2, -0.15) is 0 Å². The lowest BCUT2D eigenvalue weighted by Gasteiger charge is -2.26. The number of guanidine groups is 1. The van der Waals surface area contributed by atoms with Crippen molar-refractivity contribution in [1.82, 2.24) is 10.3 Å². The first kappa shape index (κ1) is 20.0. The van der Waals surface area contributed by atoms with Crippen LogP contribution in [0.25, 0.3) is 0 Å². The molecule has 7 heteroatoms. The third-order valence-corrected chi connectivity index (χ3v) is 5.23. The molecule has 1 aliphatic rings. The van der Waals surface area contributed by atoms with E-state index in [1.54, 1.807) is 11.3 Å². The number of hydrogen-bond acceptors (Lipinski definition) is 4. The Hall–Kier alpha value is -1.35. The van der Waals surface area contributed by atoms with Gasteiger partial charge in [0.2, 0.25) is 0 Å². The van der Waals surface area contributed by atoms with Crippen molar-refractivity contribution in [2.24, 2.45) is 10.7 Å². The van der Waals surface area contributed by atoms with Crippen molar-refractivity contribution in [3.8, 4) is 5.75 Å². The number of nitrogens with one attached hydrogen (secondary N) is 1. The van der Waals surface area contributed by atoms with E-state index in [1.807, 2.05) is 18.2 Å². The minimum absolute atomic E-state index is 0. The summed E-state index contributed by atoms with van der Waals surface area (Å²) in [5.41, 5.74) is 8.41. The maximum absolute atomic E-state index is 6.07. The van der Waals surface area contributed by atoms with Crippen LogP contribution in [-0.4, -0.2) is 24.1 Å². The first-order chi connectivity index (χ1) is 11.7. The van der Waals surface area contributed by atoms with E-state index in [2.05, 4.69) is 35.2 Å². The van der Waals surface area contributed by atoms with Crippen molar-refractivity contribution in [3.05, 3.63) is 45.4 Å². The average molecular weight is 472 g/mol. The summed E-state index contributed by atoms with van der Waals surface area (Å²) in [6.45, 7) is 5.61. The standard InChI is InChI=1S/C18H24N4OS.HI/c1-3-14-12(2)24-17(21-14)8-10-20-18(19)22-15-9-11-23-16-7-5-4-6-13(15)16;/h4-7,15H,3,8-11H2,1-2H3,(H3,19,20,22);1H. The predicted molar refractivity (Wildman–Crippen MR) is 114 cm³/mol. The van der Waals surface area contributed by atoms with Crippen molar-refractivity contribution in [2.45, 2.75) is 39.2 Å². The molecule has 3 N–H and O–H groups in total. The Morgan fingerprint density at radius 1 is 1.44 bits per heavy atom. The van der Waals surface area contributed by atoms with E-state index in [1.165, 1.54) is 10.6 Å². The lowest BCUT2D eigenvalue weighted by Crippen LogP contribution is -2.37. The molecule has 25 heavy (non-hydrogen) atoms. The van der Waals surface area contributed by atoms with E-state index >= 15 is 0 Å². The molecule has 3 rings (SSSR count). The lowest BCUT2D eigenvalue weighted by molar-refractivity contribution is 0.262. The van der Waals surface area contributed by atoms with Gasteiger partial charge in [-0.3, -0.25) is 4.99 Å². The van der Waals surface area contributed by atoms with Crippen LogP contribution in [0, 0.1) is 6.92 Å². The fourth-order valence-electron chi connectivity index (χ4n) is 2.91. The number of halogens is 1.